The zero-order valence-corrected chi connectivity index (χ0v) is 18.7. The fraction of sp³-hybridized carbons (Fsp3) is 0.0714. The number of anilines is 1. The van der Waals surface area contributed by atoms with Crippen LogP contribution in [0.5, 0.6) is 5.75 Å². The van der Waals surface area contributed by atoms with Crippen LogP contribution in [-0.2, 0) is 6.54 Å². The van der Waals surface area contributed by atoms with Gasteiger partial charge in [0.15, 0.2) is 5.82 Å². The summed E-state index contributed by atoms with van der Waals surface area (Å²) >= 11 is 0. The van der Waals surface area contributed by atoms with Crippen molar-refractivity contribution in [2.45, 2.75) is 6.54 Å². The van der Waals surface area contributed by atoms with E-state index in [1.54, 1.807) is 13.3 Å². The van der Waals surface area contributed by atoms with Crippen molar-refractivity contribution in [1.82, 2.24) is 19.9 Å². The van der Waals surface area contributed by atoms with Gasteiger partial charge in [-0.2, -0.15) is 0 Å². The van der Waals surface area contributed by atoms with E-state index in [2.05, 4.69) is 33.5 Å². The van der Waals surface area contributed by atoms with Gasteiger partial charge < -0.3 is 10.1 Å². The summed E-state index contributed by atoms with van der Waals surface area (Å²) in [6.07, 6.45) is 5.40. The average Bonchev–Trinajstić information content (AvgIpc) is 2.93. The molecular formula is C28H23N5O. The normalized spacial score (nSPS) is 10.6. The molecule has 0 atom stereocenters. The van der Waals surface area contributed by atoms with E-state index in [0.29, 0.717) is 18.1 Å². The number of hydrogen-bond acceptors (Lipinski definition) is 6. The van der Waals surface area contributed by atoms with E-state index in [1.807, 2.05) is 79.1 Å². The number of hydrogen-bond donors (Lipinski definition) is 1. The van der Waals surface area contributed by atoms with Gasteiger partial charge in [0.1, 0.15) is 17.3 Å². The highest BCUT2D eigenvalue weighted by Gasteiger charge is 2.11. The van der Waals surface area contributed by atoms with Crippen LogP contribution in [0.4, 0.5) is 5.82 Å². The second-order valence-electron chi connectivity index (χ2n) is 7.71. The topological polar surface area (TPSA) is 72.8 Å². The molecule has 0 saturated heterocycles. The number of pyridine rings is 2. The summed E-state index contributed by atoms with van der Waals surface area (Å²) in [6, 6.07) is 27.9. The Morgan fingerprint density at radius 1 is 0.735 bits per heavy atom. The number of nitrogens with one attached hydrogen (secondary N) is 1. The minimum atomic E-state index is 0.556. The monoisotopic (exact) mass is 445 g/mol. The van der Waals surface area contributed by atoms with Crippen LogP contribution >= 0.6 is 0 Å². The van der Waals surface area contributed by atoms with Gasteiger partial charge in [0.05, 0.1) is 12.8 Å². The quantitative estimate of drug-likeness (QED) is 0.337. The van der Waals surface area contributed by atoms with Crippen molar-refractivity contribution in [3.8, 4) is 39.7 Å². The molecule has 0 spiro atoms. The summed E-state index contributed by atoms with van der Waals surface area (Å²) < 4.78 is 5.38. The first-order chi connectivity index (χ1) is 16.8. The molecule has 0 unspecified atom stereocenters. The van der Waals surface area contributed by atoms with E-state index in [-0.39, 0.29) is 0 Å². The summed E-state index contributed by atoms with van der Waals surface area (Å²) in [5.74, 6) is 2.08. The van der Waals surface area contributed by atoms with E-state index >= 15 is 0 Å². The van der Waals surface area contributed by atoms with Crippen LogP contribution in [0.15, 0.2) is 104 Å². The molecule has 0 aliphatic carbocycles. The second-order valence-corrected chi connectivity index (χ2v) is 7.71. The van der Waals surface area contributed by atoms with Gasteiger partial charge in [-0.3, -0.25) is 9.97 Å². The van der Waals surface area contributed by atoms with Crippen LogP contribution < -0.4 is 10.1 Å². The molecule has 6 heteroatoms. The number of nitrogens with zero attached hydrogens (tertiary/aromatic N) is 4. The van der Waals surface area contributed by atoms with Crippen molar-refractivity contribution < 1.29 is 4.74 Å². The van der Waals surface area contributed by atoms with Crippen LogP contribution in [0.2, 0.25) is 0 Å². The van der Waals surface area contributed by atoms with E-state index < -0.39 is 0 Å². The summed E-state index contributed by atoms with van der Waals surface area (Å²) in [6.45, 7) is 0.654. The second kappa shape index (κ2) is 9.92. The lowest BCUT2D eigenvalue weighted by atomic mass is 10.0. The van der Waals surface area contributed by atoms with Gasteiger partial charge >= 0.3 is 0 Å². The molecule has 34 heavy (non-hydrogen) atoms. The van der Waals surface area contributed by atoms with E-state index in [0.717, 1.165) is 34.0 Å². The third-order valence-electron chi connectivity index (χ3n) is 5.37. The Morgan fingerprint density at radius 2 is 1.59 bits per heavy atom. The number of benzene rings is 2. The zero-order valence-electron chi connectivity index (χ0n) is 18.7. The van der Waals surface area contributed by atoms with Crippen molar-refractivity contribution in [2.24, 2.45) is 0 Å². The SMILES string of the molecule is COc1cccc(-c2cncc(-c3cc(NCc4ccccc4)nc(-c4ccccn4)n3)c2)c1. The van der Waals surface area contributed by atoms with E-state index in [4.69, 9.17) is 14.7 Å². The first-order valence-corrected chi connectivity index (χ1v) is 11.0. The maximum atomic E-state index is 5.38. The fourth-order valence-corrected chi connectivity index (χ4v) is 3.62. The molecule has 3 aromatic heterocycles. The maximum absolute atomic E-state index is 5.38. The lowest BCUT2D eigenvalue weighted by Crippen LogP contribution is -2.04. The highest BCUT2D eigenvalue weighted by molar-refractivity contribution is 5.73. The molecule has 0 bridgehead atoms. The molecule has 0 fully saturated rings. The summed E-state index contributed by atoms with van der Waals surface area (Å²) in [5.41, 5.74) is 5.54. The Hall–Kier alpha value is -4.58. The van der Waals surface area contributed by atoms with Gasteiger partial charge in [0.25, 0.3) is 0 Å². The summed E-state index contributed by atoms with van der Waals surface area (Å²) in [7, 11) is 1.66. The number of methoxy groups -OCH3 is 1. The highest BCUT2D eigenvalue weighted by Crippen LogP contribution is 2.29. The highest BCUT2D eigenvalue weighted by atomic mass is 16.5. The minimum absolute atomic E-state index is 0.556. The van der Waals surface area contributed by atoms with Crippen LogP contribution in [0.1, 0.15) is 5.56 Å². The van der Waals surface area contributed by atoms with Gasteiger partial charge in [-0.1, -0.05) is 48.5 Å². The molecule has 5 aromatic rings. The molecule has 5 rings (SSSR count). The van der Waals surface area contributed by atoms with Crippen molar-refractivity contribution in [3.05, 3.63) is 109 Å². The Kier molecular flexibility index (Phi) is 6.21. The van der Waals surface area contributed by atoms with Crippen molar-refractivity contribution >= 4 is 5.82 Å². The molecule has 0 aliphatic rings. The third-order valence-corrected chi connectivity index (χ3v) is 5.37. The molecular weight excluding hydrogens is 422 g/mol. The minimum Gasteiger partial charge on any atom is -0.497 e. The molecule has 0 saturated carbocycles. The first-order valence-electron chi connectivity index (χ1n) is 11.0. The van der Waals surface area contributed by atoms with Gasteiger partial charge in [-0.15, -0.1) is 0 Å². The standard InChI is InChI=1S/C28H23N5O/c1-34-24-11-7-10-21(15-24)22-14-23(19-29-18-22)26-16-27(31-17-20-8-3-2-4-9-20)33-28(32-26)25-12-5-6-13-30-25/h2-16,18-19H,17H2,1H3,(H,31,32,33). The first kappa shape index (κ1) is 21.3. The van der Waals surface area contributed by atoms with Gasteiger partial charge in [0, 0.05) is 42.3 Å². The molecule has 166 valence electrons. The largest absolute Gasteiger partial charge is 0.497 e. The number of aromatic nitrogens is 4. The lowest BCUT2D eigenvalue weighted by Gasteiger charge is -2.11. The number of ether oxygens (including phenoxy) is 1. The predicted octanol–water partition coefficient (Wildman–Crippen LogP) is 5.89. The van der Waals surface area contributed by atoms with Crippen LogP contribution in [0.25, 0.3) is 33.9 Å². The van der Waals surface area contributed by atoms with Crippen molar-refractivity contribution in [1.29, 1.82) is 0 Å². The predicted molar refractivity (Wildman–Crippen MR) is 134 cm³/mol. The van der Waals surface area contributed by atoms with Gasteiger partial charge in [-0.05, 0) is 41.5 Å². The molecule has 6 nitrogen and oxygen atoms in total. The van der Waals surface area contributed by atoms with Crippen LogP contribution in [-0.4, -0.2) is 27.0 Å². The smallest absolute Gasteiger partial charge is 0.180 e. The van der Waals surface area contributed by atoms with E-state index in [1.165, 1.54) is 5.56 Å². The molecule has 1 N–H and O–H groups in total. The fourth-order valence-electron chi connectivity index (χ4n) is 3.62. The molecule has 0 aliphatic heterocycles. The summed E-state index contributed by atoms with van der Waals surface area (Å²) in [4.78, 5) is 18.5. The molecule has 2 aromatic carbocycles. The van der Waals surface area contributed by atoms with Crippen molar-refractivity contribution in [3.63, 3.8) is 0 Å². The maximum Gasteiger partial charge on any atom is 0.180 e. The zero-order chi connectivity index (χ0) is 23.2. The lowest BCUT2D eigenvalue weighted by molar-refractivity contribution is 0.415. The van der Waals surface area contributed by atoms with Gasteiger partial charge in [0.2, 0.25) is 0 Å². The van der Waals surface area contributed by atoms with E-state index in [9.17, 15) is 0 Å². The Morgan fingerprint density at radius 3 is 2.41 bits per heavy atom. The van der Waals surface area contributed by atoms with Crippen LogP contribution in [0.3, 0.4) is 0 Å². The van der Waals surface area contributed by atoms with Crippen LogP contribution in [0, 0.1) is 0 Å². The third kappa shape index (κ3) is 4.91. The Balaban J connectivity index is 1.53. The molecule has 0 radical (unpaired) electrons. The Bertz CT molecular complexity index is 1390. The number of rotatable bonds is 7. The van der Waals surface area contributed by atoms with Gasteiger partial charge in [-0.25, -0.2) is 9.97 Å². The molecule has 0 amide bonds. The Labute approximate surface area is 198 Å². The van der Waals surface area contributed by atoms with Crippen molar-refractivity contribution in [2.75, 3.05) is 12.4 Å². The summed E-state index contributed by atoms with van der Waals surface area (Å²) in [5, 5.41) is 3.43. The average molecular weight is 446 g/mol. The molecule has 3 heterocycles.